The predicted octanol–water partition coefficient (Wildman–Crippen LogP) is 3.33. The Morgan fingerprint density at radius 1 is 1.28 bits per heavy atom. The van der Waals surface area contributed by atoms with E-state index in [9.17, 15) is 10.1 Å². The van der Waals surface area contributed by atoms with Gasteiger partial charge in [0.15, 0.2) is 5.65 Å². The third-order valence-electron chi connectivity index (χ3n) is 5.78. The zero-order valence-electron chi connectivity index (χ0n) is 18.8. The number of amides is 1. The third-order valence-corrected chi connectivity index (χ3v) is 5.78. The Balaban J connectivity index is 1.78. The van der Waals surface area contributed by atoms with E-state index in [-0.39, 0.29) is 23.7 Å². The molecule has 0 spiro atoms. The van der Waals surface area contributed by atoms with Crippen molar-refractivity contribution in [2.45, 2.75) is 65.1 Å². The van der Waals surface area contributed by atoms with Gasteiger partial charge in [0, 0.05) is 31.5 Å². The molecule has 1 aliphatic heterocycles. The highest BCUT2D eigenvalue weighted by molar-refractivity contribution is 5.92. The molecule has 0 saturated carbocycles. The lowest BCUT2D eigenvalue weighted by Gasteiger charge is -2.23. The molecule has 0 bridgehead atoms. The summed E-state index contributed by atoms with van der Waals surface area (Å²) in [7, 11) is 0. The van der Waals surface area contributed by atoms with Crippen LogP contribution in [0.5, 0.6) is 0 Å². The van der Waals surface area contributed by atoms with Crippen molar-refractivity contribution in [3.8, 4) is 6.07 Å². The molecule has 0 aliphatic carbocycles. The molecule has 4 rings (SSSR count). The van der Waals surface area contributed by atoms with Crippen LogP contribution in [0.3, 0.4) is 0 Å². The summed E-state index contributed by atoms with van der Waals surface area (Å²) in [5.74, 6) is 0.384. The number of pyridine rings is 1. The molecular formula is C23H27N7O2. The number of carbonyl (C=O) groups excluding carboxylic acids is 1. The number of hydrogen-bond acceptors (Lipinski definition) is 7. The van der Waals surface area contributed by atoms with Crippen molar-refractivity contribution in [1.29, 1.82) is 5.26 Å². The molecule has 1 fully saturated rings. The molecule has 2 atom stereocenters. The van der Waals surface area contributed by atoms with Gasteiger partial charge in [-0.15, -0.1) is 0 Å². The Hall–Kier alpha value is -3.38. The number of aromatic nitrogens is 5. The molecule has 9 heteroatoms. The average Bonchev–Trinajstić information content (AvgIpc) is 3.42. The summed E-state index contributed by atoms with van der Waals surface area (Å²) in [4.78, 5) is 30.8. The van der Waals surface area contributed by atoms with Gasteiger partial charge in [-0.1, -0.05) is 0 Å². The van der Waals surface area contributed by atoms with Crippen molar-refractivity contribution >= 4 is 17.1 Å². The van der Waals surface area contributed by atoms with Crippen LogP contribution in [0.4, 0.5) is 0 Å². The van der Waals surface area contributed by atoms with Gasteiger partial charge in [-0.2, -0.15) is 5.26 Å². The Morgan fingerprint density at radius 3 is 2.72 bits per heavy atom. The average molecular weight is 434 g/mol. The fourth-order valence-corrected chi connectivity index (χ4v) is 4.10. The van der Waals surface area contributed by atoms with Crippen LogP contribution in [-0.2, 0) is 4.74 Å². The molecule has 0 unspecified atom stereocenters. The van der Waals surface area contributed by atoms with Gasteiger partial charge < -0.3 is 14.6 Å². The molecule has 0 radical (unpaired) electrons. The lowest BCUT2D eigenvalue weighted by atomic mass is 10.1. The van der Waals surface area contributed by atoms with E-state index in [0.717, 1.165) is 30.7 Å². The van der Waals surface area contributed by atoms with Crippen molar-refractivity contribution in [2.75, 3.05) is 6.61 Å². The molecule has 1 N–H and O–H groups in total. The van der Waals surface area contributed by atoms with Crippen LogP contribution in [-0.4, -0.2) is 43.1 Å². The minimum Gasteiger partial charge on any atom is -0.378 e. The number of fused-ring (bicyclic) bond motifs is 1. The Morgan fingerprint density at radius 2 is 2.09 bits per heavy atom. The zero-order valence-corrected chi connectivity index (χ0v) is 18.8. The van der Waals surface area contributed by atoms with Crippen LogP contribution in [0.25, 0.3) is 11.2 Å². The highest BCUT2D eigenvalue weighted by Gasteiger charge is 2.30. The van der Waals surface area contributed by atoms with E-state index < -0.39 is 6.04 Å². The topological polar surface area (TPSA) is 119 Å². The van der Waals surface area contributed by atoms with Gasteiger partial charge in [-0.05, 0) is 46.1 Å². The number of hydrogen-bond donors (Lipinski definition) is 1. The van der Waals surface area contributed by atoms with Crippen molar-refractivity contribution < 1.29 is 9.53 Å². The quantitative estimate of drug-likeness (QED) is 0.633. The summed E-state index contributed by atoms with van der Waals surface area (Å²) in [6.07, 6.45) is 7.20. The van der Waals surface area contributed by atoms with Crippen molar-refractivity contribution in [3.05, 3.63) is 46.9 Å². The fraction of sp³-hybridized carbons (Fsp3) is 0.478. The van der Waals surface area contributed by atoms with E-state index in [0.29, 0.717) is 29.0 Å². The molecule has 9 nitrogen and oxygen atoms in total. The largest absolute Gasteiger partial charge is 0.378 e. The van der Waals surface area contributed by atoms with E-state index in [1.807, 2.05) is 18.4 Å². The Labute approximate surface area is 186 Å². The number of ether oxygens (including phenoxy) is 1. The number of aryl methyl sites for hydroxylation is 2. The van der Waals surface area contributed by atoms with Crippen LogP contribution >= 0.6 is 0 Å². The first-order chi connectivity index (χ1) is 15.4. The highest BCUT2D eigenvalue weighted by atomic mass is 16.5. The van der Waals surface area contributed by atoms with Crippen LogP contribution < -0.4 is 5.32 Å². The summed E-state index contributed by atoms with van der Waals surface area (Å²) < 4.78 is 7.90. The van der Waals surface area contributed by atoms with Gasteiger partial charge in [0.05, 0.1) is 29.6 Å². The van der Waals surface area contributed by atoms with Crippen molar-refractivity contribution in [2.24, 2.45) is 0 Å². The maximum atomic E-state index is 13.0. The molecule has 1 amide bonds. The van der Waals surface area contributed by atoms with Gasteiger partial charge in [0.2, 0.25) is 0 Å². The van der Waals surface area contributed by atoms with Gasteiger partial charge in [0.25, 0.3) is 5.91 Å². The molecule has 4 heterocycles. The summed E-state index contributed by atoms with van der Waals surface area (Å²) >= 11 is 0. The zero-order chi connectivity index (χ0) is 22.8. The Kier molecular flexibility index (Phi) is 6.15. The van der Waals surface area contributed by atoms with E-state index >= 15 is 0 Å². The van der Waals surface area contributed by atoms with E-state index in [1.165, 1.54) is 6.20 Å². The maximum Gasteiger partial charge on any atom is 0.272 e. The van der Waals surface area contributed by atoms with Crippen molar-refractivity contribution in [3.63, 3.8) is 0 Å². The van der Waals surface area contributed by atoms with Gasteiger partial charge in [-0.3, -0.25) is 9.78 Å². The summed E-state index contributed by atoms with van der Waals surface area (Å²) in [5, 5.41) is 12.5. The van der Waals surface area contributed by atoms with E-state index in [1.54, 1.807) is 12.4 Å². The van der Waals surface area contributed by atoms with E-state index in [2.05, 4.69) is 40.2 Å². The Bertz CT molecular complexity index is 1170. The number of rotatable bonds is 6. The first kappa shape index (κ1) is 21.8. The minimum absolute atomic E-state index is 0.0357. The van der Waals surface area contributed by atoms with E-state index in [4.69, 9.17) is 9.72 Å². The molecule has 1 saturated heterocycles. The minimum atomic E-state index is -0.407. The summed E-state index contributed by atoms with van der Waals surface area (Å²) in [5.41, 5.74) is 3.65. The molecule has 166 valence electrons. The lowest BCUT2D eigenvalue weighted by Crippen LogP contribution is -2.34. The molecule has 1 aliphatic rings. The second-order valence-electron chi connectivity index (χ2n) is 8.45. The monoisotopic (exact) mass is 433 g/mol. The first-order valence-corrected chi connectivity index (χ1v) is 10.9. The molecule has 0 aromatic carbocycles. The smallest absolute Gasteiger partial charge is 0.272 e. The third kappa shape index (κ3) is 4.18. The predicted molar refractivity (Wildman–Crippen MR) is 118 cm³/mol. The lowest BCUT2D eigenvalue weighted by molar-refractivity contribution is 0.0819. The van der Waals surface area contributed by atoms with Gasteiger partial charge in [0.1, 0.15) is 23.1 Å². The fourth-order valence-electron chi connectivity index (χ4n) is 4.10. The number of nitrogens with one attached hydrogen (secondary N) is 1. The van der Waals surface area contributed by atoms with Crippen LogP contribution in [0, 0.1) is 25.2 Å². The van der Waals surface area contributed by atoms with Gasteiger partial charge in [-0.25, -0.2) is 15.0 Å². The second-order valence-corrected chi connectivity index (χ2v) is 8.45. The summed E-state index contributed by atoms with van der Waals surface area (Å²) in [6.45, 7) is 8.53. The van der Waals surface area contributed by atoms with Gasteiger partial charge >= 0.3 is 0 Å². The van der Waals surface area contributed by atoms with Crippen molar-refractivity contribution in [1.82, 2.24) is 29.8 Å². The summed E-state index contributed by atoms with van der Waals surface area (Å²) in [6, 6.07) is 1.82. The number of nitrogens with zero attached hydrogens (tertiary/aromatic N) is 6. The first-order valence-electron chi connectivity index (χ1n) is 10.9. The van der Waals surface area contributed by atoms with Crippen LogP contribution in [0.2, 0.25) is 0 Å². The standard InChI is InChI=1S/C23H27N7O2/c1-13(2)30-21(29-20-15(4)16(9-24)11-27-22(20)30)18(8-17-6-5-7-32-17)28-23(31)19-12-25-14(3)10-26-19/h10-13,17-18H,5-8H2,1-4H3,(H,28,31)/t17-,18-/m0/s1. The highest BCUT2D eigenvalue weighted by Crippen LogP contribution is 2.31. The number of nitriles is 1. The normalized spacial score (nSPS) is 16.9. The number of imidazole rings is 1. The number of carbonyl (C=O) groups is 1. The van der Waals surface area contributed by atoms with Crippen LogP contribution in [0.1, 0.15) is 78.3 Å². The molecule has 3 aromatic rings. The SMILES string of the molecule is Cc1cnc(C(=O)N[C@@H](C[C@@H]2CCCO2)c2nc3c(C)c(C#N)cnc3n2C(C)C)cn1. The molecular weight excluding hydrogens is 406 g/mol. The molecule has 3 aromatic heterocycles. The van der Waals surface area contributed by atoms with Crippen LogP contribution in [0.15, 0.2) is 18.6 Å². The second kappa shape index (κ2) is 9.01. The molecule has 32 heavy (non-hydrogen) atoms. The maximum absolute atomic E-state index is 13.0.